The summed E-state index contributed by atoms with van der Waals surface area (Å²) < 4.78 is 0. The number of rotatable bonds is 3. The molecule has 0 aliphatic heterocycles. The highest BCUT2D eigenvalue weighted by atomic mass is 16.1. The predicted molar refractivity (Wildman–Crippen MR) is 106 cm³/mol. The number of aromatic amines is 2. The molecule has 0 saturated heterocycles. The zero-order chi connectivity index (χ0) is 18.2. The van der Waals surface area contributed by atoms with Crippen molar-refractivity contribution in [3.8, 4) is 11.4 Å². The summed E-state index contributed by atoms with van der Waals surface area (Å²) >= 11 is 0. The lowest BCUT2D eigenvalue weighted by Gasteiger charge is -2.04. The Bertz CT molecular complexity index is 1230. The molecular weight excluding hydrogens is 338 g/mol. The summed E-state index contributed by atoms with van der Waals surface area (Å²) in [6.45, 7) is 0. The van der Waals surface area contributed by atoms with E-state index in [-0.39, 0.29) is 5.91 Å². The molecule has 1 amide bonds. The fraction of sp³-hybridized carbons (Fsp3) is 0. The number of carbonyl (C=O) groups is 1. The van der Waals surface area contributed by atoms with E-state index < -0.39 is 0 Å². The zero-order valence-electron chi connectivity index (χ0n) is 14.2. The van der Waals surface area contributed by atoms with Crippen LogP contribution in [-0.4, -0.2) is 26.1 Å². The summed E-state index contributed by atoms with van der Waals surface area (Å²) in [6.07, 6.45) is 0. The summed E-state index contributed by atoms with van der Waals surface area (Å²) in [5, 5.41) is 10.7. The molecule has 0 radical (unpaired) electrons. The lowest BCUT2D eigenvalue weighted by Crippen LogP contribution is -2.12. The number of nitrogens with one attached hydrogen (secondary N) is 3. The standard InChI is InChI=1S/C21H15N5O/c27-21(19-15-5-1-2-6-16(15)25-26-19)22-14-11-9-13(10-12-14)20-23-17-7-3-4-8-18(17)24-20/h1-12H,(H,22,27)(H,23,24)(H,25,26). The van der Waals surface area contributed by atoms with Gasteiger partial charge in [0.15, 0.2) is 5.69 Å². The monoisotopic (exact) mass is 353 g/mol. The number of benzene rings is 3. The Hall–Kier alpha value is -3.93. The molecule has 6 nitrogen and oxygen atoms in total. The highest BCUT2D eigenvalue weighted by Crippen LogP contribution is 2.23. The molecule has 5 rings (SSSR count). The number of aromatic nitrogens is 4. The molecule has 2 heterocycles. The number of carbonyl (C=O) groups excluding carboxylic acids is 1. The first kappa shape index (κ1) is 15.3. The molecule has 0 unspecified atom stereocenters. The Balaban J connectivity index is 1.39. The van der Waals surface area contributed by atoms with Crippen LogP contribution in [0.2, 0.25) is 0 Å². The number of hydrogen-bond donors (Lipinski definition) is 3. The Morgan fingerprint density at radius 3 is 2.41 bits per heavy atom. The van der Waals surface area contributed by atoms with Gasteiger partial charge in [0, 0.05) is 16.6 Å². The lowest BCUT2D eigenvalue weighted by atomic mass is 10.2. The van der Waals surface area contributed by atoms with Gasteiger partial charge in [-0.3, -0.25) is 9.89 Å². The van der Waals surface area contributed by atoms with Gasteiger partial charge in [-0.2, -0.15) is 5.10 Å². The van der Waals surface area contributed by atoms with E-state index in [0.717, 1.165) is 33.3 Å². The summed E-state index contributed by atoms with van der Waals surface area (Å²) in [5.41, 5.74) is 4.79. The third-order valence-electron chi connectivity index (χ3n) is 4.49. The first-order valence-electron chi connectivity index (χ1n) is 8.57. The van der Waals surface area contributed by atoms with Crippen LogP contribution in [0.1, 0.15) is 10.5 Å². The molecule has 3 aromatic carbocycles. The lowest BCUT2D eigenvalue weighted by molar-refractivity contribution is 0.102. The SMILES string of the molecule is O=C(Nc1ccc(-c2nc3ccccc3[nH]2)cc1)c1n[nH]c2ccccc12. The number of imidazole rings is 1. The van der Waals surface area contributed by atoms with E-state index in [2.05, 4.69) is 25.5 Å². The minimum atomic E-state index is -0.246. The molecule has 2 aromatic heterocycles. The van der Waals surface area contributed by atoms with E-state index in [0.29, 0.717) is 11.4 Å². The van der Waals surface area contributed by atoms with Crippen molar-refractivity contribution in [1.82, 2.24) is 20.2 Å². The third-order valence-corrected chi connectivity index (χ3v) is 4.49. The third kappa shape index (κ3) is 2.73. The van der Waals surface area contributed by atoms with Gasteiger partial charge in [0.1, 0.15) is 5.82 Å². The van der Waals surface area contributed by atoms with Crippen molar-refractivity contribution >= 4 is 33.5 Å². The summed E-state index contributed by atoms with van der Waals surface area (Å²) in [5.74, 6) is 0.552. The second-order valence-corrected chi connectivity index (χ2v) is 6.25. The molecule has 5 aromatic rings. The van der Waals surface area contributed by atoms with E-state index in [1.54, 1.807) is 0 Å². The van der Waals surface area contributed by atoms with E-state index in [1.807, 2.05) is 72.8 Å². The average Bonchev–Trinajstić information content (AvgIpc) is 3.33. The van der Waals surface area contributed by atoms with Crippen molar-refractivity contribution in [2.75, 3.05) is 5.32 Å². The first-order chi connectivity index (χ1) is 13.3. The van der Waals surface area contributed by atoms with Crippen LogP contribution >= 0.6 is 0 Å². The van der Waals surface area contributed by atoms with Crippen molar-refractivity contribution in [2.45, 2.75) is 0 Å². The topological polar surface area (TPSA) is 86.5 Å². The summed E-state index contributed by atoms with van der Waals surface area (Å²) in [7, 11) is 0. The molecule has 0 fully saturated rings. The van der Waals surface area contributed by atoms with Crippen LogP contribution < -0.4 is 5.32 Å². The molecule has 0 aliphatic carbocycles. The molecule has 0 atom stereocenters. The van der Waals surface area contributed by atoms with Gasteiger partial charge in [-0.05, 0) is 42.5 Å². The fourth-order valence-corrected chi connectivity index (χ4v) is 3.13. The normalized spacial score (nSPS) is 11.1. The van der Waals surface area contributed by atoms with Crippen molar-refractivity contribution in [2.24, 2.45) is 0 Å². The number of fused-ring (bicyclic) bond motifs is 2. The van der Waals surface area contributed by atoms with Gasteiger partial charge in [-0.15, -0.1) is 0 Å². The number of nitrogens with zero attached hydrogens (tertiary/aromatic N) is 2. The van der Waals surface area contributed by atoms with Crippen LogP contribution in [0.5, 0.6) is 0 Å². The van der Waals surface area contributed by atoms with Crippen LogP contribution in [0.15, 0.2) is 72.8 Å². The van der Waals surface area contributed by atoms with E-state index in [9.17, 15) is 4.79 Å². The van der Waals surface area contributed by atoms with Gasteiger partial charge in [0.05, 0.1) is 16.6 Å². The number of amides is 1. The highest BCUT2D eigenvalue weighted by molar-refractivity contribution is 6.11. The van der Waals surface area contributed by atoms with Crippen LogP contribution in [0.4, 0.5) is 5.69 Å². The maximum Gasteiger partial charge on any atom is 0.276 e. The maximum absolute atomic E-state index is 12.5. The molecule has 27 heavy (non-hydrogen) atoms. The minimum Gasteiger partial charge on any atom is -0.338 e. The minimum absolute atomic E-state index is 0.246. The molecule has 0 saturated carbocycles. The van der Waals surface area contributed by atoms with Gasteiger partial charge in [0.25, 0.3) is 5.91 Å². The quantitative estimate of drug-likeness (QED) is 0.450. The average molecular weight is 353 g/mol. The van der Waals surface area contributed by atoms with Gasteiger partial charge < -0.3 is 10.3 Å². The molecular formula is C21H15N5O. The van der Waals surface area contributed by atoms with E-state index in [4.69, 9.17) is 0 Å². The second-order valence-electron chi connectivity index (χ2n) is 6.25. The van der Waals surface area contributed by atoms with Gasteiger partial charge >= 0.3 is 0 Å². The van der Waals surface area contributed by atoms with Crippen molar-refractivity contribution < 1.29 is 4.79 Å². The largest absolute Gasteiger partial charge is 0.338 e. The molecule has 130 valence electrons. The smallest absolute Gasteiger partial charge is 0.276 e. The summed E-state index contributed by atoms with van der Waals surface area (Å²) in [4.78, 5) is 20.4. The summed E-state index contributed by atoms with van der Waals surface area (Å²) in [6, 6.07) is 23.0. The predicted octanol–water partition coefficient (Wildman–Crippen LogP) is 4.36. The maximum atomic E-state index is 12.5. The molecule has 0 spiro atoms. The van der Waals surface area contributed by atoms with Crippen LogP contribution in [-0.2, 0) is 0 Å². The number of anilines is 1. The Kier molecular flexibility index (Phi) is 3.47. The molecule has 0 bridgehead atoms. The second kappa shape index (κ2) is 6.10. The fourth-order valence-electron chi connectivity index (χ4n) is 3.13. The number of para-hydroxylation sites is 3. The molecule has 3 N–H and O–H groups in total. The zero-order valence-corrected chi connectivity index (χ0v) is 14.2. The highest BCUT2D eigenvalue weighted by Gasteiger charge is 2.14. The van der Waals surface area contributed by atoms with Crippen LogP contribution in [0.3, 0.4) is 0 Å². The van der Waals surface area contributed by atoms with Crippen molar-refractivity contribution in [3.63, 3.8) is 0 Å². The Morgan fingerprint density at radius 2 is 1.59 bits per heavy atom. The number of hydrogen-bond acceptors (Lipinski definition) is 3. The van der Waals surface area contributed by atoms with E-state index >= 15 is 0 Å². The van der Waals surface area contributed by atoms with Gasteiger partial charge in [-0.25, -0.2) is 4.98 Å². The number of H-pyrrole nitrogens is 2. The Morgan fingerprint density at radius 1 is 0.852 bits per heavy atom. The van der Waals surface area contributed by atoms with Crippen LogP contribution in [0, 0.1) is 0 Å². The van der Waals surface area contributed by atoms with Crippen molar-refractivity contribution in [3.05, 3.63) is 78.5 Å². The van der Waals surface area contributed by atoms with Crippen LogP contribution in [0.25, 0.3) is 33.3 Å². The van der Waals surface area contributed by atoms with Crippen molar-refractivity contribution in [1.29, 1.82) is 0 Å². The van der Waals surface area contributed by atoms with Gasteiger partial charge in [0.2, 0.25) is 0 Å². The van der Waals surface area contributed by atoms with E-state index in [1.165, 1.54) is 0 Å². The Labute approximate surface area is 154 Å². The first-order valence-corrected chi connectivity index (χ1v) is 8.57. The molecule has 0 aliphatic rings. The molecule has 6 heteroatoms. The van der Waals surface area contributed by atoms with Gasteiger partial charge in [-0.1, -0.05) is 30.3 Å².